The molecule has 6 heteroatoms. The van der Waals surface area contributed by atoms with Crippen molar-refractivity contribution in [3.05, 3.63) is 64.2 Å². The lowest BCUT2D eigenvalue weighted by Gasteiger charge is -2.34. The van der Waals surface area contributed by atoms with Gasteiger partial charge >= 0.3 is 0 Å². The zero-order valence-corrected chi connectivity index (χ0v) is 17.1. The van der Waals surface area contributed by atoms with E-state index in [1.54, 1.807) is 12.1 Å². The summed E-state index contributed by atoms with van der Waals surface area (Å²) in [4.78, 5) is 28.8. The minimum absolute atomic E-state index is 0.0944. The third kappa shape index (κ3) is 5.33. The van der Waals surface area contributed by atoms with Crippen LogP contribution in [0.3, 0.4) is 0 Å². The van der Waals surface area contributed by atoms with E-state index in [1.807, 2.05) is 23.1 Å². The molecular weight excluding hydrogens is 374 g/mol. The molecule has 5 nitrogen and oxygen atoms in total. The van der Waals surface area contributed by atoms with Gasteiger partial charge in [0.15, 0.2) is 0 Å². The van der Waals surface area contributed by atoms with Crippen molar-refractivity contribution >= 4 is 29.1 Å². The maximum Gasteiger partial charge on any atom is 0.238 e. The number of piperazine rings is 1. The maximum absolute atomic E-state index is 12.6. The summed E-state index contributed by atoms with van der Waals surface area (Å²) in [5, 5.41) is 3.37. The van der Waals surface area contributed by atoms with Gasteiger partial charge in [-0.25, -0.2) is 0 Å². The van der Waals surface area contributed by atoms with Gasteiger partial charge in [0.05, 0.1) is 23.7 Å². The molecule has 0 saturated carbocycles. The lowest BCUT2D eigenvalue weighted by Crippen LogP contribution is -2.50. The number of rotatable bonds is 5. The molecule has 1 N–H and O–H groups in total. The molecular formula is C22H26ClN3O2. The first kappa shape index (κ1) is 20.4. The first-order valence-electron chi connectivity index (χ1n) is 9.53. The minimum Gasteiger partial charge on any atom is -0.340 e. The fourth-order valence-corrected chi connectivity index (χ4v) is 3.49. The van der Waals surface area contributed by atoms with Crippen molar-refractivity contribution < 1.29 is 9.59 Å². The van der Waals surface area contributed by atoms with Crippen LogP contribution in [0, 0.1) is 13.8 Å². The van der Waals surface area contributed by atoms with Crippen LogP contribution in [0.1, 0.15) is 16.7 Å². The number of benzene rings is 2. The van der Waals surface area contributed by atoms with Crippen LogP contribution in [-0.4, -0.2) is 54.3 Å². The Labute approximate surface area is 171 Å². The predicted octanol–water partition coefficient (Wildman–Crippen LogP) is 3.28. The Hall–Kier alpha value is -2.37. The van der Waals surface area contributed by atoms with Crippen molar-refractivity contribution in [2.75, 3.05) is 38.0 Å². The highest BCUT2D eigenvalue weighted by Crippen LogP contribution is 2.20. The van der Waals surface area contributed by atoms with E-state index in [2.05, 4.69) is 36.2 Å². The summed E-state index contributed by atoms with van der Waals surface area (Å²) < 4.78 is 0. The van der Waals surface area contributed by atoms with Gasteiger partial charge in [-0.15, -0.1) is 0 Å². The fraction of sp³-hybridized carbons (Fsp3) is 0.364. The number of hydrogen-bond donors (Lipinski definition) is 1. The summed E-state index contributed by atoms with van der Waals surface area (Å²) in [6.07, 6.45) is 0.425. The topological polar surface area (TPSA) is 52.7 Å². The second-order valence-electron chi connectivity index (χ2n) is 7.28. The average molecular weight is 400 g/mol. The first-order chi connectivity index (χ1) is 13.4. The number of hydrogen-bond acceptors (Lipinski definition) is 3. The van der Waals surface area contributed by atoms with Crippen LogP contribution < -0.4 is 5.32 Å². The predicted molar refractivity (Wildman–Crippen MR) is 113 cm³/mol. The van der Waals surface area contributed by atoms with Gasteiger partial charge in [-0.2, -0.15) is 0 Å². The van der Waals surface area contributed by atoms with Crippen LogP contribution in [-0.2, 0) is 16.0 Å². The summed E-state index contributed by atoms with van der Waals surface area (Å²) >= 11 is 6.08. The zero-order valence-electron chi connectivity index (χ0n) is 16.4. The quantitative estimate of drug-likeness (QED) is 0.839. The lowest BCUT2D eigenvalue weighted by atomic mass is 10.0. The Morgan fingerprint density at radius 2 is 1.71 bits per heavy atom. The Kier molecular flexibility index (Phi) is 6.70. The van der Waals surface area contributed by atoms with Crippen molar-refractivity contribution in [1.29, 1.82) is 0 Å². The molecule has 0 radical (unpaired) electrons. The molecule has 148 valence electrons. The average Bonchev–Trinajstić information content (AvgIpc) is 2.67. The standard InChI is InChI=1S/C22H26ClN3O2/c1-16-7-8-18(13-17(16)2)14-22(28)26-11-9-25(10-12-26)15-21(27)24-20-6-4-3-5-19(20)23/h3-8,13H,9-12,14-15H2,1-2H3,(H,24,27). The number of nitrogens with zero attached hydrogens (tertiary/aromatic N) is 2. The van der Waals surface area contributed by atoms with Crippen molar-refractivity contribution in [3.63, 3.8) is 0 Å². The molecule has 2 aromatic rings. The highest BCUT2D eigenvalue weighted by Gasteiger charge is 2.22. The third-order valence-electron chi connectivity index (χ3n) is 5.17. The zero-order chi connectivity index (χ0) is 20.1. The van der Waals surface area contributed by atoms with Crippen molar-refractivity contribution in [2.45, 2.75) is 20.3 Å². The smallest absolute Gasteiger partial charge is 0.238 e. The molecule has 1 aliphatic heterocycles. The summed E-state index contributed by atoms with van der Waals surface area (Å²) in [6, 6.07) is 13.4. The molecule has 0 aliphatic carbocycles. The Balaban J connectivity index is 1.46. The third-order valence-corrected chi connectivity index (χ3v) is 5.50. The Morgan fingerprint density at radius 3 is 2.39 bits per heavy atom. The Morgan fingerprint density at radius 1 is 1.00 bits per heavy atom. The van der Waals surface area contributed by atoms with Gasteiger partial charge in [-0.05, 0) is 42.7 Å². The normalized spacial score (nSPS) is 14.8. The second kappa shape index (κ2) is 9.22. The van der Waals surface area contributed by atoms with Crippen molar-refractivity contribution in [3.8, 4) is 0 Å². The van der Waals surface area contributed by atoms with E-state index in [-0.39, 0.29) is 11.8 Å². The van der Waals surface area contributed by atoms with Gasteiger partial charge in [0.25, 0.3) is 0 Å². The van der Waals surface area contributed by atoms with Crippen LogP contribution in [0.4, 0.5) is 5.69 Å². The van der Waals surface area contributed by atoms with E-state index in [1.165, 1.54) is 11.1 Å². The summed E-state index contributed by atoms with van der Waals surface area (Å²) in [5.41, 5.74) is 4.12. The van der Waals surface area contributed by atoms with Gasteiger partial charge in [-0.3, -0.25) is 14.5 Å². The fourth-order valence-electron chi connectivity index (χ4n) is 3.31. The monoisotopic (exact) mass is 399 g/mol. The molecule has 2 aromatic carbocycles. The summed E-state index contributed by atoms with van der Waals surface area (Å²) in [7, 11) is 0. The lowest BCUT2D eigenvalue weighted by molar-refractivity contribution is -0.132. The number of para-hydroxylation sites is 1. The second-order valence-corrected chi connectivity index (χ2v) is 7.69. The molecule has 1 heterocycles. The maximum atomic E-state index is 12.6. The molecule has 1 saturated heterocycles. The molecule has 28 heavy (non-hydrogen) atoms. The van der Waals surface area contributed by atoms with Crippen LogP contribution in [0.25, 0.3) is 0 Å². The number of nitrogens with one attached hydrogen (secondary N) is 1. The first-order valence-corrected chi connectivity index (χ1v) is 9.91. The number of carbonyl (C=O) groups is 2. The van der Waals surface area contributed by atoms with Gasteiger partial charge < -0.3 is 10.2 Å². The molecule has 0 unspecified atom stereocenters. The SMILES string of the molecule is Cc1ccc(CC(=O)N2CCN(CC(=O)Nc3ccccc3Cl)CC2)cc1C. The van der Waals surface area contributed by atoms with Gasteiger partial charge in [0, 0.05) is 26.2 Å². The highest BCUT2D eigenvalue weighted by molar-refractivity contribution is 6.33. The molecule has 0 atom stereocenters. The molecule has 2 amide bonds. The minimum atomic E-state index is -0.0944. The molecule has 0 aromatic heterocycles. The van der Waals surface area contributed by atoms with E-state index in [9.17, 15) is 9.59 Å². The molecule has 0 bridgehead atoms. The van der Waals surface area contributed by atoms with Gasteiger partial charge in [-0.1, -0.05) is 41.9 Å². The summed E-state index contributed by atoms with van der Waals surface area (Å²) in [5.74, 6) is 0.0476. The van der Waals surface area contributed by atoms with Crippen LogP contribution in [0.2, 0.25) is 5.02 Å². The largest absolute Gasteiger partial charge is 0.340 e. The molecule has 1 fully saturated rings. The van der Waals surface area contributed by atoms with E-state index < -0.39 is 0 Å². The van der Waals surface area contributed by atoms with Crippen molar-refractivity contribution in [1.82, 2.24) is 9.80 Å². The number of carbonyl (C=O) groups excluding carboxylic acids is 2. The van der Waals surface area contributed by atoms with E-state index in [4.69, 9.17) is 11.6 Å². The van der Waals surface area contributed by atoms with E-state index >= 15 is 0 Å². The van der Waals surface area contributed by atoms with Crippen LogP contribution >= 0.6 is 11.6 Å². The van der Waals surface area contributed by atoms with Crippen molar-refractivity contribution in [2.24, 2.45) is 0 Å². The number of amides is 2. The van der Waals surface area contributed by atoms with Gasteiger partial charge in [0.2, 0.25) is 11.8 Å². The van der Waals surface area contributed by atoms with E-state index in [0.717, 1.165) is 5.56 Å². The highest BCUT2D eigenvalue weighted by atomic mass is 35.5. The number of halogens is 1. The molecule has 1 aliphatic rings. The van der Waals surface area contributed by atoms with Crippen LogP contribution in [0.15, 0.2) is 42.5 Å². The summed E-state index contributed by atoms with van der Waals surface area (Å²) in [6.45, 7) is 7.09. The Bertz CT molecular complexity index is 861. The molecule has 3 rings (SSSR count). The van der Waals surface area contributed by atoms with Gasteiger partial charge in [0.1, 0.15) is 0 Å². The van der Waals surface area contributed by atoms with E-state index in [0.29, 0.717) is 49.9 Å². The number of aryl methyl sites for hydroxylation is 2. The number of anilines is 1. The van der Waals surface area contributed by atoms with Crippen LogP contribution in [0.5, 0.6) is 0 Å². The molecule has 0 spiro atoms.